The number of hydrogen-bond donors (Lipinski definition) is 1. The fourth-order valence-corrected chi connectivity index (χ4v) is 2.56. The van der Waals surface area contributed by atoms with Gasteiger partial charge in [0.15, 0.2) is 5.71 Å². The normalized spacial score (nSPS) is 11.0. The largest absolute Gasteiger partial charge is 0.436 e. The lowest BCUT2D eigenvalue weighted by molar-refractivity contribution is -0.114. The van der Waals surface area contributed by atoms with Crippen LogP contribution in [0.3, 0.4) is 0 Å². The van der Waals surface area contributed by atoms with Crippen LogP contribution in [0.5, 0.6) is 23.3 Å². The molecule has 2 aromatic carbocycles. The zero-order chi connectivity index (χ0) is 21.5. The van der Waals surface area contributed by atoms with Gasteiger partial charge in [0.05, 0.1) is 10.6 Å². The first-order chi connectivity index (χ1) is 14.5. The maximum absolute atomic E-state index is 14.9. The summed E-state index contributed by atoms with van der Waals surface area (Å²) in [4.78, 5) is 24.5. The Labute approximate surface area is 176 Å². The summed E-state index contributed by atoms with van der Waals surface area (Å²) < 4.78 is 26.0. The molecule has 0 saturated heterocycles. The maximum Gasteiger partial charge on any atom is 0.273 e. The van der Waals surface area contributed by atoms with Crippen molar-refractivity contribution in [2.45, 2.75) is 0 Å². The monoisotopic (exact) mass is 430 g/mol. The molecule has 0 atom stereocenters. The highest BCUT2D eigenvalue weighted by atomic mass is 35.5. The number of nitrogens with zero attached hydrogens (tertiary/aromatic N) is 3. The molecule has 0 radical (unpaired) electrons. The molecular formula is C20H16ClFN4O4. The van der Waals surface area contributed by atoms with Crippen molar-refractivity contribution in [2.75, 3.05) is 14.2 Å². The summed E-state index contributed by atoms with van der Waals surface area (Å²) in [7, 11) is 2.74. The Morgan fingerprint density at radius 2 is 1.63 bits per heavy atom. The van der Waals surface area contributed by atoms with Gasteiger partial charge < -0.3 is 19.6 Å². The number of carbonyl (C=O) groups excluding carboxylic acids is 1. The highest BCUT2D eigenvalue weighted by Gasteiger charge is 2.22. The second-order valence-electron chi connectivity index (χ2n) is 5.63. The van der Waals surface area contributed by atoms with Crippen LogP contribution in [-0.4, -0.2) is 35.7 Å². The molecule has 0 unspecified atom stereocenters. The van der Waals surface area contributed by atoms with Gasteiger partial charge in [0, 0.05) is 7.05 Å². The SMILES string of the molecule is CNC(=O)/C(=N/OC)c1ccccc1Oc1ncnc(Oc2ccccc2Cl)c1F. The van der Waals surface area contributed by atoms with Crippen LogP contribution in [0.1, 0.15) is 5.56 Å². The summed E-state index contributed by atoms with van der Waals surface area (Å²) in [6.07, 6.45) is 1.08. The van der Waals surface area contributed by atoms with E-state index in [4.69, 9.17) is 25.9 Å². The number of hydrogen-bond acceptors (Lipinski definition) is 7. The number of carbonyl (C=O) groups is 1. The molecule has 3 rings (SSSR count). The third-order valence-corrected chi connectivity index (χ3v) is 4.05. The van der Waals surface area contributed by atoms with Crippen molar-refractivity contribution in [3.63, 3.8) is 0 Å². The summed E-state index contributed by atoms with van der Waals surface area (Å²) >= 11 is 6.04. The molecule has 10 heteroatoms. The number of ether oxygens (including phenoxy) is 2. The molecule has 0 spiro atoms. The van der Waals surface area contributed by atoms with Gasteiger partial charge in [0.1, 0.15) is 24.9 Å². The maximum atomic E-state index is 14.9. The summed E-state index contributed by atoms with van der Waals surface area (Å²) in [5.74, 6) is -1.90. The summed E-state index contributed by atoms with van der Waals surface area (Å²) in [6.45, 7) is 0. The zero-order valence-electron chi connectivity index (χ0n) is 15.9. The minimum Gasteiger partial charge on any atom is -0.436 e. The first-order valence-corrected chi connectivity index (χ1v) is 8.96. The number of para-hydroxylation sites is 2. The van der Waals surface area contributed by atoms with Crippen molar-refractivity contribution in [3.05, 3.63) is 71.3 Å². The molecule has 0 saturated carbocycles. The van der Waals surface area contributed by atoms with Crippen LogP contribution in [0.15, 0.2) is 60.0 Å². The molecule has 1 heterocycles. The Bertz CT molecular complexity index is 1090. The molecule has 1 aromatic heterocycles. The third kappa shape index (κ3) is 4.64. The predicted octanol–water partition coefficient (Wildman–Crippen LogP) is 3.95. The van der Waals surface area contributed by atoms with Crippen LogP contribution < -0.4 is 14.8 Å². The van der Waals surface area contributed by atoms with Gasteiger partial charge in [-0.15, -0.1) is 0 Å². The number of rotatable bonds is 7. The Kier molecular flexibility index (Phi) is 6.76. The number of nitrogens with one attached hydrogen (secondary N) is 1. The van der Waals surface area contributed by atoms with Gasteiger partial charge in [-0.1, -0.05) is 41.0 Å². The summed E-state index contributed by atoms with van der Waals surface area (Å²) in [5, 5.41) is 6.47. The molecule has 1 amide bonds. The average Bonchev–Trinajstić information content (AvgIpc) is 2.76. The Morgan fingerprint density at radius 1 is 1.03 bits per heavy atom. The van der Waals surface area contributed by atoms with E-state index < -0.39 is 17.6 Å². The summed E-state index contributed by atoms with van der Waals surface area (Å²) in [5.41, 5.74) is 0.211. The topological polar surface area (TPSA) is 94.9 Å². The smallest absolute Gasteiger partial charge is 0.273 e. The Hall–Kier alpha value is -3.72. The Balaban J connectivity index is 1.96. The zero-order valence-corrected chi connectivity index (χ0v) is 16.7. The van der Waals surface area contributed by atoms with E-state index in [0.717, 1.165) is 6.33 Å². The fourth-order valence-electron chi connectivity index (χ4n) is 2.39. The molecule has 8 nitrogen and oxygen atoms in total. The van der Waals surface area contributed by atoms with E-state index in [1.165, 1.54) is 20.2 Å². The number of likely N-dealkylation sites (N-methyl/N-ethyl adjacent to an activating group) is 1. The van der Waals surface area contributed by atoms with Gasteiger partial charge in [0.25, 0.3) is 17.7 Å². The molecular weight excluding hydrogens is 415 g/mol. The van der Waals surface area contributed by atoms with Crippen molar-refractivity contribution in [3.8, 4) is 23.3 Å². The van der Waals surface area contributed by atoms with Gasteiger partial charge in [-0.05, 0) is 24.3 Å². The van der Waals surface area contributed by atoms with Crippen molar-refractivity contribution < 1.29 is 23.5 Å². The number of halogens is 2. The van der Waals surface area contributed by atoms with Crippen LogP contribution in [0, 0.1) is 5.82 Å². The second kappa shape index (κ2) is 9.66. The second-order valence-corrected chi connectivity index (χ2v) is 6.04. The lowest BCUT2D eigenvalue weighted by atomic mass is 10.1. The van der Waals surface area contributed by atoms with E-state index in [-0.39, 0.29) is 33.7 Å². The van der Waals surface area contributed by atoms with E-state index >= 15 is 0 Å². The molecule has 3 aromatic rings. The molecule has 0 aliphatic rings. The number of benzene rings is 2. The van der Waals surface area contributed by atoms with Crippen molar-refractivity contribution >= 4 is 23.2 Å². The van der Waals surface area contributed by atoms with Gasteiger partial charge >= 0.3 is 0 Å². The van der Waals surface area contributed by atoms with E-state index in [1.54, 1.807) is 42.5 Å². The van der Waals surface area contributed by atoms with Crippen LogP contribution in [0.25, 0.3) is 0 Å². The van der Waals surface area contributed by atoms with Crippen LogP contribution >= 0.6 is 11.6 Å². The van der Waals surface area contributed by atoms with Gasteiger partial charge in [-0.2, -0.15) is 14.4 Å². The number of amides is 1. The van der Waals surface area contributed by atoms with Gasteiger partial charge in [0.2, 0.25) is 5.82 Å². The van der Waals surface area contributed by atoms with Crippen molar-refractivity contribution in [2.24, 2.45) is 5.16 Å². The van der Waals surface area contributed by atoms with Crippen molar-refractivity contribution in [1.82, 2.24) is 15.3 Å². The first-order valence-electron chi connectivity index (χ1n) is 8.58. The van der Waals surface area contributed by atoms with E-state index in [1.807, 2.05) is 0 Å². The van der Waals surface area contributed by atoms with E-state index in [0.29, 0.717) is 0 Å². The minimum atomic E-state index is -0.947. The number of oxime groups is 1. The number of aromatic nitrogens is 2. The minimum absolute atomic E-state index is 0.0578. The van der Waals surface area contributed by atoms with E-state index in [9.17, 15) is 9.18 Å². The molecule has 0 fully saturated rings. The molecule has 154 valence electrons. The lowest BCUT2D eigenvalue weighted by Gasteiger charge is -2.13. The molecule has 0 aliphatic carbocycles. The average molecular weight is 431 g/mol. The molecule has 0 aliphatic heterocycles. The molecule has 0 bridgehead atoms. The fraction of sp³-hybridized carbons (Fsp3) is 0.100. The molecule has 30 heavy (non-hydrogen) atoms. The standard InChI is InChI=1S/C20H16ClFN4O4/c1-23-18(27)17(26-28-2)12-7-3-5-9-14(12)29-19-16(22)20(25-11-24-19)30-15-10-6-4-8-13(15)21/h3-11H,1-2H3,(H,23,27)/b26-17+. The Morgan fingerprint density at radius 3 is 2.27 bits per heavy atom. The highest BCUT2D eigenvalue weighted by Crippen LogP contribution is 2.33. The van der Waals surface area contributed by atoms with Crippen molar-refractivity contribution in [1.29, 1.82) is 0 Å². The first kappa shape index (κ1) is 21.0. The van der Waals surface area contributed by atoms with Gasteiger partial charge in [-0.25, -0.2) is 0 Å². The lowest BCUT2D eigenvalue weighted by Crippen LogP contribution is -2.28. The quantitative estimate of drug-likeness (QED) is 0.450. The highest BCUT2D eigenvalue weighted by molar-refractivity contribution is 6.45. The van der Waals surface area contributed by atoms with Crippen LogP contribution in [0.4, 0.5) is 4.39 Å². The van der Waals surface area contributed by atoms with Crippen LogP contribution in [-0.2, 0) is 9.63 Å². The van der Waals surface area contributed by atoms with Crippen LogP contribution in [0.2, 0.25) is 5.02 Å². The van der Waals surface area contributed by atoms with E-state index in [2.05, 4.69) is 20.4 Å². The molecule has 1 N–H and O–H groups in total. The third-order valence-electron chi connectivity index (χ3n) is 3.74. The predicted molar refractivity (Wildman–Crippen MR) is 108 cm³/mol. The van der Waals surface area contributed by atoms with Gasteiger partial charge in [-0.3, -0.25) is 4.79 Å². The summed E-state index contributed by atoms with van der Waals surface area (Å²) in [6, 6.07) is 13.0.